The molecule has 0 amide bonds. The van der Waals surface area contributed by atoms with Crippen LogP contribution in [0.1, 0.15) is 12.5 Å². The van der Waals surface area contributed by atoms with Gasteiger partial charge in [-0.2, -0.15) is 0 Å². The van der Waals surface area contributed by atoms with E-state index in [0.29, 0.717) is 6.54 Å². The van der Waals surface area contributed by atoms with E-state index in [1.54, 1.807) is 6.92 Å². The summed E-state index contributed by atoms with van der Waals surface area (Å²) < 4.78 is 1.10. The van der Waals surface area contributed by atoms with Gasteiger partial charge in [-0.15, -0.1) is 0 Å². The van der Waals surface area contributed by atoms with Crippen LogP contribution in [0, 0.1) is 0 Å². The number of aliphatic hydroxyl groups excluding tert-OH is 1. The molecule has 1 aromatic rings. The fourth-order valence-electron chi connectivity index (χ4n) is 1.46. The molecule has 78 valence electrons. The van der Waals surface area contributed by atoms with Crippen LogP contribution in [0.5, 0.6) is 0 Å². The Bertz CT molecular complexity index is 288. The highest BCUT2D eigenvalue weighted by Crippen LogP contribution is 2.12. The van der Waals surface area contributed by atoms with Crippen LogP contribution in [0.15, 0.2) is 28.7 Å². The highest BCUT2D eigenvalue weighted by atomic mass is 79.9. The van der Waals surface area contributed by atoms with Gasteiger partial charge in [-0.1, -0.05) is 28.1 Å². The van der Waals surface area contributed by atoms with Crippen molar-refractivity contribution < 1.29 is 5.11 Å². The molecule has 0 aliphatic carbocycles. The molecule has 14 heavy (non-hydrogen) atoms. The Morgan fingerprint density at radius 2 is 2.21 bits per heavy atom. The van der Waals surface area contributed by atoms with Crippen molar-refractivity contribution in [2.45, 2.75) is 19.6 Å². The maximum Gasteiger partial charge on any atom is 0.0639 e. The summed E-state index contributed by atoms with van der Waals surface area (Å²) in [5, 5.41) is 9.20. The fraction of sp³-hybridized carbons (Fsp3) is 0.455. The van der Waals surface area contributed by atoms with Crippen LogP contribution in [-0.2, 0) is 6.54 Å². The highest BCUT2D eigenvalue weighted by molar-refractivity contribution is 9.10. The number of aliphatic hydroxyl groups is 1. The van der Waals surface area contributed by atoms with Gasteiger partial charge in [0.05, 0.1) is 6.10 Å². The first-order valence-electron chi connectivity index (χ1n) is 4.69. The second-order valence-corrected chi connectivity index (χ2v) is 4.59. The zero-order valence-corrected chi connectivity index (χ0v) is 10.2. The molecule has 0 aromatic heterocycles. The molecule has 0 aliphatic rings. The van der Waals surface area contributed by atoms with Crippen molar-refractivity contribution in [2.24, 2.45) is 0 Å². The summed E-state index contributed by atoms with van der Waals surface area (Å²) >= 11 is 3.44. The number of hydrogen-bond donors (Lipinski definition) is 1. The third-order valence-corrected chi connectivity index (χ3v) is 2.41. The van der Waals surface area contributed by atoms with Gasteiger partial charge in [0.25, 0.3) is 0 Å². The summed E-state index contributed by atoms with van der Waals surface area (Å²) in [6.07, 6.45) is -0.271. The maximum atomic E-state index is 9.20. The summed E-state index contributed by atoms with van der Waals surface area (Å²) in [5.41, 5.74) is 1.25. The fourth-order valence-corrected chi connectivity index (χ4v) is 1.91. The Balaban J connectivity index is 2.51. The van der Waals surface area contributed by atoms with E-state index in [0.717, 1.165) is 11.0 Å². The second kappa shape index (κ2) is 5.49. The lowest BCUT2D eigenvalue weighted by atomic mass is 10.2. The van der Waals surface area contributed by atoms with Crippen LogP contribution in [-0.4, -0.2) is 29.7 Å². The van der Waals surface area contributed by atoms with E-state index < -0.39 is 0 Å². The van der Waals surface area contributed by atoms with Crippen molar-refractivity contribution in [1.82, 2.24) is 4.90 Å². The summed E-state index contributed by atoms with van der Waals surface area (Å²) in [4.78, 5) is 2.10. The molecule has 1 unspecified atom stereocenters. The van der Waals surface area contributed by atoms with Crippen LogP contribution < -0.4 is 0 Å². The van der Waals surface area contributed by atoms with E-state index >= 15 is 0 Å². The Kier molecular flexibility index (Phi) is 4.58. The van der Waals surface area contributed by atoms with Crippen LogP contribution in [0.3, 0.4) is 0 Å². The Morgan fingerprint density at radius 3 is 2.79 bits per heavy atom. The van der Waals surface area contributed by atoms with Crippen molar-refractivity contribution in [2.75, 3.05) is 13.6 Å². The largest absolute Gasteiger partial charge is 0.392 e. The van der Waals surface area contributed by atoms with E-state index in [1.165, 1.54) is 5.56 Å². The first-order valence-corrected chi connectivity index (χ1v) is 5.48. The van der Waals surface area contributed by atoms with Gasteiger partial charge in [-0.3, -0.25) is 4.90 Å². The summed E-state index contributed by atoms with van der Waals surface area (Å²) in [5.74, 6) is 0. The molecule has 0 fully saturated rings. The molecule has 0 saturated carbocycles. The SMILES string of the molecule is CC(O)CN(C)Cc1cccc(Br)c1. The molecule has 1 atom stereocenters. The topological polar surface area (TPSA) is 23.5 Å². The van der Waals surface area contributed by atoms with Crippen LogP contribution in [0.25, 0.3) is 0 Å². The Morgan fingerprint density at radius 1 is 1.50 bits per heavy atom. The molecule has 1 aromatic carbocycles. The zero-order chi connectivity index (χ0) is 10.6. The van der Waals surface area contributed by atoms with Crippen molar-refractivity contribution in [3.63, 3.8) is 0 Å². The molecule has 3 heteroatoms. The molecule has 0 saturated heterocycles. The van der Waals surface area contributed by atoms with Crippen LogP contribution in [0.4, 0.5) is 0 Å². The predicted molar refractivity (Wildman–Crippen MR) is 62.2 cm³/mol. The number of hydrogen-bond acceptors (Lipinski definition) is 2. The molecule has 1 N–H and O–H groups in total. The van der Waals surface area contributed by atoms with E-state index in [1.807, 2.05) is 19.2 Å². The maximum absolute atomic E-state index is 9.20. The van der Waals surface area contributed by atoms with Gasteiger partial charge in [0, 0.05) is 17.6 Å². The average Bonchev–Trinajstić information content (AvgIpc) is 2.01. The van der Waals surface area contributed by atoms with Gasteiger partial charge in [-0.25, -0.2) is 0 Å². The lowest BCUT2D eigenvalue weighted by molar-refractivity contribution is 0.138. The molecule has 0 spiro atoms. The van der Waals surface area contributed by atoms with Crippen LogP contribution >= 0.6 is 15.9 Å². The predicted octanol–water partition coefficient (Wildman–Crippen LogP) is 2.26. The van der Waals surface area contributed by atoms with Gasteiger partial charge < -0.3 is 5.11 Å². The second-order valence-electron chi connectivity index (χ2n) is 3.68. The molecule has 0 heterocycles. The monoisotopic (exact) mass is 257 g/mol. The molecule has 0 bridgehead atoms. The van der Waals surface area contributed by atoms with Gasteiger partial charge in [0.15, 0.2) is 0 Å². The lowest BCUT2D eigenvalue weighted by Crippen LogP contribution is -2.26. The minimum atomic E-state index is -0.271. The standard InChI is InChI=1S/C11H16BrNO/c1-9(14)7-13(2)8-10-4-3-5-11(12)6-10/h3-6,9,14H,7-8H2,1-2H3. The number of rotatable bonds is 4. The molecule has 2 nitrogen and oxygen atoms in total. The number of nitrogens with zero attached hydrogens (tertiary/aromatic N) is 1. The average molecular weight is 258 g/mol. The van der Waals surface area contributed by atoms with Crippen molar-refractivity contribution in [1.29, 1.82) is 0 Å². The molecular formula is C11H16BrNO. The lowest BCUT2D eigenvalue weighted by Gasteiger charge is -2.18. The molecule has 0 aliphatic heterocycles. The van der Waals surface area contributed by atoms with Crippen molar-refractivity contribution in [3.8, 4) is 0 Å². The molecule has 1 rings (SSSR count). The minimum Gasteiger partial charge on any atom is -0.392 e. The van der Waals surface area contributed by atoms with E-state index in [-0.39, 0.29) is 6.10 Å². The first-order chi connectivity index (χ1) is 6.58. The van der Waals surface area contributed by atoms with Crippen molar-refractivity contribution >= 4 is 15.9 Å². The van der Waals surface area contributed by atoms with Gasteiger partial charge in [0.1, 0.15) is 0 Å². The summed E-state index contributed by atoms with van der Waals surface area (Å²) in [6.45, 7) is 3.37. The van der Waals surface area contributed by atoms with Crippen LogP contribution in [0.2, 0.25) is 0 Å². The smallest absolute Gasteiger partial charge is 0.0639 e. The van der Waals surface area contributed by atoms with Gasteiger partial charge in [-0.05, 0) is 31.7 Å². The first kappa shape index (κ1) is 11.7. The summed E-state index contributed by atoms with van der Waals surface area (Å²) in [7, 11) is 2.01. The molecule has 0 radical (unpaired) electrons. The Hall–Kier alpha value is -0.380. The Labute approximate surface area is 93.7 Å². The highest BCUT2D eigenvalue weighted by Gasteiger charge is 2.03. The van der Waals surface area contributed by atoms with Gasteiger partial charge >= 0.3 is 0 Å². The van der Waals surface area contributed by atoms with Crippen molar-refractivity contribution in [3.05, 3.63) is 34.3 Å². The van der Waals surface area contributed by atoms with E-state index in [4.69, 9.17) is 0 Å². The van der Waals surface area contributed by atoms with E-state index in [9.17, 15) is 5.11 Å². The normalized spacial score (nSPS) is 13.2. The zero-order valence-electron chi connectivity index (χ0n) is 8.57. The number of benzene rings is 1. The number of likely N-dealkylation sites (N-methyl/N-ethyl adjacent to an activating group) is 1. The van der Waals surface area contributed by atoms with Gasteiger partial charge in [0.2, 0.25) is 0 Å². The quantitative estimate of drug-likeness (QED) is 0.895. The summed E-state index contributed by atoms with van der Waals surface area (Å²) in [6, 6.07) is 8.22. The molecular weight excluding hydrogens is 242 g/mol. The van der Waals surface area contributed by atoms with E-state index in [2.05, 4.69) is 33.0 Å². The minimum absolute atomic E-state index is 0.271. The number of halogens is 1. The third-order valence-electron chi connectivity index (χ3n) is 1.92. The third kappa shape index (κ3) is 4.22.